The van der Waals surface area contributed by atoms with Crippen LogP contribution >= 0.6 is 0 Å². The number of furan rings is 1. The van der Waals surface area contributed by atoms with Crippen molar-refractivity contribution in [3.8, 4) is 0 Å². The number of methoxy groups -OCH3 is 1. The highest BCUT2D eigenvalue weighted by molar-refractivity contribution is 5.88. The van der Waals surface area contributed by atoms with Crippen LogP contribution in [0.4, 0.5) is 0 Å². The summed E-state index contributed by atoms with van der Waals surface area (Å²) in [7, 11) is 1.56. The molecule has 2 rings (SSSR count). The molecular formula is C12H15NO3. The normalized spacial score (nSPS) is 24.3. The van der Waals surface area contributed by atoms with E-state index in [-0.39, 0.29) is 18.1 Å². The Morgan fingerprint density at radius 1 is 1.69 bits per heavy atom. The summed E-state index contributed by atoms with van der Waals surface area (Å²) in [6.07, 6.45) is 5.49. The molecule has 1 aromatic rings. The molecule has 0 bridgehead atoms. The number of amides is 1. The standard InChI is InChI=1S/C12H15NO3/c1-3-4-6-13-10(9-5-7-16-8-9)11(15-2)12(13)14/h3,5,7-8,10-11H,1,4,6H2,2H3/t10-,11-/m1/s1. The maximum atomic E-state index is 11.7. The smallest absolute Gasteiger partial charge is 0.254 e. The summed E-state index contributed by atoms with van der Waals surface area (Å²) in [4.78, 5) is 13.5. The molecule has 1 aliphatic rings. The van der Waals surface area contributed by atoms with Gasteiger partial charge in [0.05, 0.1) is 18.6 Å². The van der Waals surface area contributed by atoms with Gasteiger partial charge in [0.15, 0.2) is 6.10 Å². The quantitative estimate of drug-likeness (QED) is 0.562. The van der Waals surface area contributed by atoms with Gasteiger partial charge in [-0.3, -0.25) is 4.79 Å². The predicted octanol–water partition coefficient (Wildman–Crippen LogP) is 1.75. The van der Waals surface area contributed by atoms with Crippen LogP contribution in [0.5, 0.6) is 0 Å². The number of hydrogen-bond acceptors (Lipinski definition) is 3. The number of hydrogen-bond donors (Lipinski definition) is 0. The van der Waals surface area contributed by atoms with Gasteiger partial charge in [-0.25, -0.2) is 0 Å². The van der Waals surface area contributed by atoms with Crippen LogP contribution in [0.25, 0.3) is 0 Å². The molecule has 16 heavy (non-hydrogen) atoms. The predicted molar refractivity (Wildman–Crippen MR) is 58.8 cm³/mol. The van der Waals surface area contributed by atoms with Crippen molar-refractivity contribution in [1.29, 1.82) is 0 Å². The molecule has 2 atom stereocenters. The third-order valence-corrected chi connectivity index (χ3v) is 2.86. The number of β-lactam (4-membered cyclic amide) rings is 1. The minimum Gasteiger partial charge on any atom is -0.472 e. The van der Waals surface area contributed by atoms with Crippen LogP contribution < -0.4 is 0 Å². The van der Waals surface area contributed by atoms with E-state index in [2.05, 4.69) is 6.58 Å². The molecule has 0 spiro atoms. The van der Waals surface area contributed by atoms with E-state index in [0.717, 1.165) is 12.0 Å². The van der Waals surface area contributed by atoms with Crippen LogP contribution in [0.3, 0.4) is 0 Å². The Kier molecular flexibility index (Phi) is 3.10. The molecule has 1 fully saturated rings. The Balaban J connectivity index is 2.12. The van der Waals surface area contributed by atoms with Crippen molar-refractivity contribution in [2.75, 3.05) is 13.7 Å². The second-order valence-corrected chi connectivity index (χ2v) is 3.77. The molecule has 0 N–H and O–H groups in total. The molecule has 86 valence electrons. The lowest BCUT2D eigenvalue weighted by Gasteiger charge is -2.45. The number of carbonyl (C=O) groups excluding carboxylic acids is 1. The lowest BCUT2D eigenvalue weighted by molar-refractivity contribution is -0.171. The van der Waals surface area contributed by atoms with Crippen LogP contribution in [-0.2, 0) is 9.53 Å². The van der Waals surface area contributed by atoms with Crippen LogP contribution in [0.15, 0.2) is 35.7 Å². The van der Waals surface area contributed by atoms with Crippen molar-refractivity contribution in [3.63, 3.8) is 0 Å². The highest BCUT2D eigenvalue weighted by atomic mass is 16.5. The molecule has 1 amide bonds. The summed E-state index contributed by atoms with van der Waals surface area (Å²) in [5, 5.41) is 0. The maximum Gasteiger partial charge on any atom is 0.254 e. The average Bonchev–Trinajstić information content (AvgIpc) is 2.79. The first-order chi connectivity index (χ1) is 7.79. The Morgan fingerprint density at radius 2 is 2.50 bits per heavy atom. The van der Waals surface area contributed by atoms with Crippen LogP contribution in [0.1, 0.15) is 18.0 Å². The fraction of sp³-hybridized carbons (Fsp3) is 0.417. The average molecular weight is 221 g/mol. The molecule has 0 aliphatic carbocycles. The SMILES string of the molecule is C=CCCN1C(=O)[C@H](OC)[C@H]1c1ccoc1. The Labute approximate surface area is 94.5 Å². The Hall–Kier alpha value is -1.55. The van der Waals surface area contributed by atoms with Crippen molar-refractivity contribution in [2.24, 2.45) is 0 Å². The van der Waals surface area contributed by atoms with Crippen molar-refractivity contribution >= 4 is 5.91 Å². The molecule has 4 heteroatoms. The van der Waals surface area contributed by atoms with Crippen molar-refractivity contribution < 1.29 is 13.9 Å². The summed E-state index contributed by atoms with van der Waals surface area (Å²) in [6, 6.07) is 1.85. The van der Waals surface area contributed by atoms with E-state index >= 15 is 0 Å². The minimum absolute atomic E-state index is 0.0174. The van der Waals surface area contributed by atoms with Gasteiger partial charge in [0.1, 0.15) is 0 Å². The zero-order valence-electron chi connectivity index (χ0n) is 9.26. The van der Waals surface area contributed by atoms with Gasteiger partial charge in [0, 0.05) is 19.2 Å². The summed E-state index contributed by atoms with van der Waals surface area (Å²) in [5.41, 5.74) is 0.982. The van der Waals surface area contributed by atoms with Gasteiger partial charge >= 0.3 is 0 Å². The van der Waals surface area contributed by atoms with E-state index in [1.807, 2.05) is 6.07 Å². The molecule has 1 aliphatic heterocycles. The van der Waals surface area contributed by atoms with Gasteiger partial charge in [0.25, 0.3) is 5.91 Å². The van der Waals surface area contributed by atoms with Crippen molar-refractivity contribution in [1.82, 2.24) is 4.90 Å². The largest absolute Gasteiger partial charge is 0.472 e. The first kappa shape index (κ1) is 11.0. The minimum atomic E-state index is -0.373. The van der Waals surface area contributed by atoms with E-state index in [0.29, 0.717) is 6.54 Å². The summed E-state index contributed by atoms with van der Waals surface area (Å²) in [6.45, 7) is 4.33. The molecule has 0 aromatic carbocycles. The van der Waals surface area contributed by atoms with Gasteiger partial charge in [-0.1, -0.05) is 6.08 Å². The molecule has 1 saturated heterocycles. The maximum absolute atomic E-state index is 11.7. The number of carbonyl (C=O) groups is 1. The molecule has 0 unspecified atom stereocenters. The van der Waals surface area contributed by atoms with Gasteiger partial charge < -0.3 is 14.1 Å². The second-order valence-electron chi connectivity index (χ2n) is 3.77. The van der Waals surface area contributed by atoms with Crippen LogP contribution in [0, 0.1) is 0 Å². The van der Waals surface area contributed by atoms with E-state index in [9.17, 15) is 4.79 Å². The summed E-state index contributed by atoms with van der Waals surface area (Å²) >= 11 is 0. The second kappa shape index (κ2) is 4.53. The van der Waals surface area contributed by atoms with E-state index < -0.39 is 0 Å². The molecule has 0 radical (unpaired) electrons. The third kappa shape index (κ3) is 1.65. The Morgan fingerprint density at radius 3 is 3.06 bits per heavy atom. The fourth-order valence-corrected chi connectivity index (χ4v) is 2.02. The van der Waals surface area contributed by atoms with Gasteiger partial charge in [0.2, 0.25) is 0 Å². The third-order valence-electron chi connectivity index (χ3n) is 2.86. The number of ether oxygens (including phenoxy) is 1. The topological polar surface area (TPSA) is 42.7 Å². The zero-order valence-corrected chi connectivity index (χ0v) is 9.26. The van der Waals surface area contributed by atoms with Crippen LogP contribution in [0.2, 0.25) is 0 Å². The van der Waals surface area contributed by atoms with Crippen LogP contribution in [-0.4, -0.2) is 30.6 Å². The zero-order chi connectivity index (χ0) is 11.5. The molecule has 2 heterocycles. The van der Waals surface area contributed by atoms with E-state index in [1.165, 1.54) is 0 Å². The highest BCUT2D eigenvalue weighted by Crippen LogP contribution is 2.36. The Bertz CT molecular complexity index is 372. The van der Waals surface area contributed by atoms with E-state index in [4.69, 9.17) is 9.15 Å². The van der Waals surface area contributed by atoms with Crippen molar-refractivity contribution in [3.05, 3.63) is 36.8 Å². The van der Waals surface area contributed by atoms with Gasteiger partial charge in [-0.15, -0.1) is 6.58 Å². The molecule has 4 nitrogen and oxygen atoms in total. The number of rotatable bonds is 5. The van der Waals surface area contributed by atoms with E-state index in [1.54, 1.807) is 30.6 Å². The monoisotopic (exact) mass is 221 g/mol. The summed E-state index contributed by atoms with van der Waals surface area (Å²) in [5.74, 6) is 0.0375. The fourth-order valence-electron chi connectivity index (χ4n) is 2.02. The lowest BCUT2D eigenvalue weighted by atomic mass is 9.92. The van der Waals surface area contributed by atoms with Crippen molar-refractivity contribution in [2.45, 2.75) is 18.6 Å². The molecule has 1 aromatic heterocycles. The van der Waals surface area contributed by atoms with Gasteiger partial charge in [-0.05, 0) is 12.5 Å². The highest BCUT2D eigenvalue weighted by Gasteiger charge is 2.48. The summed E-state index contributed by atoms with van der Waals surface area (Å²) < 4.78 is 10.2. The first-order valence-corrected chi connectivity index (χ1v) is 5.26. The van der Waals surface area contributed by atoms with Gasteiger partial charge in [-0.2, -0.15) is 0 Å². The molecular weight excluding hydrogens is 206 g/mol. The number of nitrogens with zero attached hydrogens (tertiary/aromatic N) is 1. The number of likely N-dealkylation sites (tertiary alicyclic amines) is 1. The molecule has 0 saturated carbocycles. The first-order valence-electron chi connectivity index (χ1n) is 5.26. The lowest BCUT2D eigenvalue weighted by Crippen LogP contribution is -2.59.